The Morgan fingerprint density at radius 1 is 1.33 bits per heavy atom. The Hall–Kier alpha value is -1.18. The lowest BCUT2D eigenvalue weighted by molar-refractivity contribution is 0.311. The van der Waals surface area contributed by atoms with E-state index in [1.165, 1.54) is 11.3 Å². The minimum atomic E-state index is 0.802. The lowest BCUT2D eigenvalue weighted by atomic mass is 10.1. The molecule has 1 aliphatic heterocycles. The van der Waals surface area contributed by atoms with Crippen LogP contribution in [0.2, 0.25) is 0 Å². The third kappa shape index (κ3) is 2.65. The molecule has 2 rings (SSSR count). The van der Waals surface area contributed by atoms with Crippen LogP contribution < -0.4 is 9.64 Å². The van der Waals surface area contributed by atoms with E-state index in [0.29, 0.717) is 0 Å². The van der Waals surface area contributed by atoms with E-state index in [1.54, 1.807) is 0 Å². The minimum Gasteiger partial charge on any atom is -0.490 e. The first-order chi connectivity index (χ1) is 7.31. The molecule has 0 N–H and O–H groups in total. The third-order valence-corrected chi connectivity index (χ3v) is 2.53. The normalized spacial score (nSPS) is 13.5. The first-order valence-electron chi connectivity index (χ1n) is 5.78. The first kappa shape index (κ1) is 11.9. The molecule has 0 aromatic heterocycles. The average molecular weight is 207 g/mol. The van der Waals surface area contributed by atoms with E-state index in [-0.39, 0.29) is 0 Å². The van der Waals surface area contributed by atoms with Crippen LogP contribution in [-0.4, -0.2) is 20.2 Å². The van der Waals surface area contributed by atoms with Gasteiger partial charge in [-0.1, -0.05) is 26.8 Å². The molecule has 1 aromatic carbocycles. The standard InChI is InChI=1S/C11H15NO.C2H6/c1-3-9-4-5-10-11(8-9)13-7-6-12(10)2;1-2/h4-5,8H,3,6-7H2,1-2H3;1-2H3. The summed E-state index contributed by atoms with van der Waals surface area (Å²) in [6.45, 7) is 7.95. The number of benzene rings is 1. The smallest absolute Gasteiger partial charge is 0.142 e. The molecule has 0 spiro atoms. The molecular formula is C13H21NO. The van der Waals surface area contributed by atoms with E-state index in [2.05, 4.69) is 37.1 Å². The fourth-order valence-corrected chi connectivity index (χ4v) is 1.62. The lowest BCUT2D eigenvalue weighted by Gasteiger charge is -2.27. The number of aryl methyl sites for hydroxylation is 1. The van der Waals surface area contributed by atoms with Gasteiger partial charge in [-0.25, -0.2) is 0 Å². The first-order valence-corrected chi connectivity index (χ1v) is 5.78. The van der Waals surface area contributed by atoms with Crippen LogP contribution in [0.3, 0.4) is 0 Å². The topological polar surface area (TPSA) is 12.5 Å². The number of hydrogen-bond acceptors (Lipinski definition) is 2. The summed E-state index contributed by atoms with van der Waals surface area (Å²) in [5.41, 5.74) is 2.55. The summed E-state index contributed by atoms with van der Waals surface area (Å²) in [5.74, 6) is 1.04. The molecule has 0 fully saturated rings. The van der Waals surface area contributed by atoms with E-state index in [4.69, 9.17) is 4.74 Å². The van der Waals surface area contributed by atoms with Crippen molar-refractivity contribution < 1.29 is 4.74 Å². The number of ether oxygens (including phenoxy) is 1. The summed E-state index contributed by atoms with van der Waals surface area (Å²) in [6, 6.07) is 6.46. The molecule has 15 heavy (non-hydrogen) atoms. The Kier molecular flexibility index (Phi) is 4.47. The summed E-state index contributed by atoms with van der Waals surface area (Å²) in [7, 11) is 2.10. The Balaban J connectivity index is 0.000000531. The predicted molar refractivity (Wildman–Crippen MR) is 65.9 cm³/mol. The second-order valence-corrected chi connectivity index (χ2v) is 3.43. The summed E-state index contributed by atoms with van der Waals surface area (Å²) in [4.78, 5) is 2.23. The van der Waals surface area contributed by atoms with Crippen LogP contribution in [0.25, 0.3) is 0 Å². The molecular weight excluding hydrogens is 186 g/mol. The van der Waals surface area contributed by atoms with Crippen LogP contribution in [0.15, 0.2) is 18.2 Å². The van der Waals surface area contributed by atoms with Gasteiger partial charge in [0.2, 0.25) is 0 Å². The van der Waals surface area contributed by atoms with Crippen molar-refractivity contribution in [2.45, 2.75) is 27.2 Å². The lowest BCUT2D eigenvalue weighted by Crippen LogP contribution is -2.28. The largest absolute Gasteiger partial charge is 0.490 e. The van der Waals surface area contributed by atoms with Crippen molar-refractivity contribution in [3.63, 3.8) is 0 Å². The number of likely N-dealkylation sites (N-methyl/N-ethyl adjacent to an activating group) is 1. The summed E-state index contributed by atoms with van der Waals surface area (Å²) in [5, 5.41) is 0. The van der Waals surface area contributed by atoms with Gasteiger partial charge >= 0.3 is 0 Å². The van der Waals surface area contributed by atoms with Gasteiger partial charge in [0, 0.05) is 7.05 Å². The van der Waals surface area contributed by atoms with Gasteiger partial charge in [0.25, 0.3) is 0 Å². The van der Waals surface area contributed by atoms with Crippen LogP contribution in [0.4, 0.5) is 5.69 Å². The van der Waals surface area contributed by atoms with Crippen molar-refractivity contribution in [2.75, 3.05) is 25.1 Å². The number of rotatable bonds is 1. The maximum Gasteiger partial charge on any atom is 0.142 e. The number of nitrogens with zero attached hydrogens (tertiary/aromatic N) is 1. The predicted octanol–water partition coefficient (Wildman–Crippen LogP) is 3.10. The molecule has 0 unspecified atom stereocenters. The summed E-state index contributed by atoms with van der Waals surface area (Å²) < 4.78 is 5.59. The van der Waals surface area contributed by atoms with Gasteiger partial charge < -0.3 is 9.64 Å². The molecule has 0 amide bonds. The van der Waals surface area contributed by atoms with Crippen LogP contribution in [-0.2, 0) is 6.42 Å². The number of anilines is 1. The summed E-state index contributed by atoms with van der Waals surface area (Å²) >= 11 is 0. The van der Waals surface area contributed by atoms with E-state index < -0.39 is 0 Å². The molecule has 84 valence electrons. The van der Waals surface area contributed by atoms with Gasteiger partial charge in [0.15, 0.2) is 0 Å². The number of hydrogen-bond donors (Lipinski definition) is 0. The molecule has 0 aliphatic carbocycles. The Morgan fingerprint density at radius 2 is 2.07 bits per heavy atom. The molecule has 0 atom stereocenters. The average Bonchev–Trinajstić information content (AvgIpc) is 2.31. The van der Waals surface area contributed by atoms with Crippen LogP contribution in [0.5, 0.6) is 5.75 Å². The SMILES string of the molecule is CC.CCc1ccc2c(c1)OCCN2C. The van der Waals surface area contributed by atoms with Crippen LogP contribution >= 0.6 is 0 Å². The van der Waals surface area contributed by atoms with Crippen LogP contribution in [0, 0.1) is 0 Å². The van der Waals surface area contributed by atoms with E-state index in [9.17, 15) is 0 Å². The highest BCUT2D eigenvalue weighted by atomic mass is 16.5. The molecule has 1 aromatic rings. The highest BCUT2D eigenvalue weighted by molar-refractivity contribution is 5.60. The van der Waals surface area contributed by atoms with Gasteiger partial charge in [0.1, 0.15) is 12.4 Å². The molecule has 1 aliphatic rings. The Bertz CT molecular complexity index is 309. The van der Waals surface area contributed by atoms with Gasteiger partial charge in [-0.05, 0) is 24.1 Å². The maximum atomic E-state index is 5.59. The zero-order valence-corrected chi connectivity index (χ0v) is 10.2. The Labute approximate surface area is 92.9 Å². The molecule has 0 saturated heterocycles. The molecule has 2 heteroatoms. The Morgan fingerprint density at radius 3 is 2.73 bits per heavy atom. The highest BCUT2D eigenvalue weighted by Gasteiger charge is 2.13. The summed E-state index contributed by atoms with van der Waals surface area (Å²) in [6.07, 6.45) is 1.07. The number of fused-ring (bicyclic) bond motifs is 1. The second-order valence-electron chi connectivity index (χ2n) is 3.43. The van der Waals surface area contributed by atoms with Crippen molar-refractivity contribution in [1.82, 2.24) is 0 Å². The van der Waals surface area contributed by atoms with E-state index >= 15 is 0 Å². The van der Waals surface area contributed by atoms with Crippen molar-refractivity contribution >= 4 is 5.69 Å². The molecule has 0 saturated carbocycles. The fourth-order valence-electron chi connectivity index (χ4n) is 1.62. The van der Waals surface area contributed by atoms with Crippen molar-refractivity contribution in [1.29, 1.82) is 0 Å². The van der Waals surface area contributed by atoms with E-state index in [1.807, 2.05) is 13.8 Å². The molecule has 0 bridgehead atoms. The van der Waals surface area contributed by atoms with Gasteiger partial charge in [-0.15, -0.1) is 0 Å². The second kappa shape index (κ2) is 5.64. The van der Waals surface area contributed by atoms with Gasteiger partial charge in [-0.2, -0.15) is 0 Å². The van der Waals surface area contributed by atoms with Crippen molar-refractivity contribution in [2.24, 2.45) is 0 Å². The maximum absolute atomic E-state index is 5.59. The minimum absolute atomic E-state index is 0.802. The van der Waals surface area contributed by atoms with Crippen molar-refractivity contribution in [3.8, 4) is 5.75 Å². The zero-order chi connectivity index (χ0) is 11.3. The molecule has 0 radical (unpaired) electrons. The van der Waals surface area contributed by atoms with Crippen molar-refractivity contribution in [3.05, 3.63) is 23.8 Å². The zero-order valence-electron chi connectivity index (χ0n) is 10.2. The monoisotopic (exact) mass is 207 g/mol. The molecule has 2 nitrogen and oxygen atoms in total. The van der Waals surface area contributed by atoms with Gasteiger partial charge in [0.05, 0.1) is 12.2 Å². The quantitative estimate of drug-likeness (QED) is 0.701. The van der Waals surface area contributed by atoms with Crippen LogP contribution in [0.1, 0.15) is 26.3 Å². The fraction of sp³-hybridized carbons (Fsp3) is 0.538. The van der Waals surface area contributed by atoms with E-state index in [0.717, 1.165) is 25.3 Å². The van der Waals surface area contributed by atoms with Gasteiger partial charge in [-0.3, -0.25) is 0 Å². The highest BCUT2D eigenvalue weighted by Crippen LogP contribution is 2.31. The molecule has 1 heterocycles. The third-order valence-electron chi connectivity index (χ3n) is 2.53.